The number of nitrogens with zero attached hydrogens (tertiary/aromatic N) is 2. The minimum absolute atomic E-state index is 0.0142. The first-order valence-corrected chi connectivity index (χ1v) is 8.47. The second-order valence-corrected chi connectivity index (χ2v) is 6.25. The van der Waals surface area contributed by atoms with Crippen molar-refractivity contribution in [3.8, 4) is 0 Å². The van der Waals surface area contributed by atoms with Crippen LogP contribution >= 0.6 is 0 Å². The van der Waals surface area contributed by atoms with Crippen molar-refractivity contribution in [3.05, 3.63) is 60.0 Å². The lowest BCUT2D eigenvalue weighted by molar-refractivity contribution is 0.0271. The number of ether oxygens (including phenoxy) is 1. The highest BCUT2D eigenvalue weighted by Gasteiger charge is 2.30. The van der Waals surface area contributed by atoms with Gasteiger partial charge in [-0.25, -0.2) is 0 Å². The monoisotopic (exact) mass is 337 g/mol. The van der Waals surface area contributed by atoms with Crippen molar-refractivity contribution >= 4 is 16.9 Å². The van der Waals surface area contributed by atoms with E-state index in [1.807, 2.05) is 30.3 Å². The average molecular weight is 337 g/mol. The Hall–Kier alpha value is -2.73. The van der Waals surface area contributed by atoms with Crippen LogP contribution in [0.3, 0.4) is 0 Å². The van der Waals surface area contributed by atoms with Crippen molar-refractivity contribution in [2.75, 3.05) is 0 Å². The van der Waals surface area contributed by atoms with E-state index in [0.29, 0.717) is 17.6 Å². The zero-order valence-corrected chi connectivity index (χ0v) is 13.7. The molecule has 0 saturated heterocycles. The van der Waals surface area contributed by atoms with E-state index in [1.165, 1.54) is 0 Å². The number of carbonyl (C=O) groups excluding carboxylic acids is 1. The summed E-state index contributed by atoms with van der Waals surface area (Å²) in [5.41, 5.74) is 1.97. The number of benzene rings is 1. The fraction of sp³-hybridized carbons (Fsp3) is 0.316. The Morgan fingerprint density at radius 1 is 1.24 bits per heavy atom. The van der Waals surface area contributed by atoms with Gasteiger partial charge in [-0.15, -0.1) is 0 Å². The Labute approximate surface area is 145 Å². The Bertz CT molecular complexity index is 862. The molecule has 128 valence electrons. The molecule has 0 spiro atoms. The van der Waals surface area contributed by atoms with Crippen molar-refractivity contribution in [3.63, 3.8) is 0 Å². The predicted octanol–water partition coefficient (Wildman–Crippen LogP) is 3.09. The highest BCUT2D eigenvalue weighted by atomic mass is 16.5. The van der Waals surface area contributed by atoms with E-state index < -0.39 is 0 Å². The molecule has 1 aliphatic carbocycles. The smallest absolute Gasteiger partial charge is 0.274 e. The number of rotatable bonds is 5. The van der Waals surface area contributed by atoms with E-state index >= 15 is 0 Å². The standard InChI is InChI=1S/C19H19N3O3/c23-19(18-14-11-20-10-9-16(14)25-22-18)21-15-7-4-8-17(15)24-12-13-5-2-1-3-6-13/h1-3,5-6,9-11,15,17H,4,7-8,12H2,(H,21,23). The zero-order valence-electron chi connectivity index (χ0n) is 13.7. The van der Waals surface area contributed by atoms with E-state index in [1.54, 1.807) is 18.5 Å². The van der Waals surface area contributed by atoms with Gasteiger partial charge in [-0.2, -0.15) is 0 Å². The number of hydrogen-bond donors (Lipinski definition) is 1. The highest BCUT2D eigenvalue weighted by molar-refractivity contribution is 6.03. The largest absolute Gasteiger partial charge is 0.371 e. The molecule has 0 bridgehead atoms. The van der Waals surface area contributed by atoms with Gasteiger partial charge in [-0.1, -0.05) is 35.5 Å². The molecule has 2 unspecified atom stereocenters. The summed E-state index contributed by atoms with van der Waals surface area (Å²) in [6.45, 7) is 0.550. The third-order valence-corrected chi connectivity index (χ3v) is 4.56. The summed E-state index contributed by atoms with van der Waals surface area (Å²) < 4.78 is 11.2. The molecule has 4 rings (SSSR count). The van der Waals surface area contributed by atoms with Gasteiger partial charge in [0.1, 0.15) is 0 Å². The molecule has 1 fully saturated rings. The van der Waals surface area contributed by atoms with Crippen molar-refractivity contribution in [2.45, 2.75) is 38.0 Å². The molecule has 1 N–H and O–H groups in total. The molecule has 3 aromatic rings. The van der Waals surface area contributed by atoms with E-state index in [9.17, 15) is 4.79 Å². The fourth-order valence-electron chi connectivity index (χ4n) is 3.25. The van der Waals surface area contributed by atoms with Gasteiger partial charge < -0.3 is 14.6 Å². The number of pyridine rings is 1. The van der Waals surface area contributed by atoms with Gasteiger partial charge in [0.25, 0.3) is 5.91 Å². The number of hydrogen-bond acceptors (Lipinski definition) is 5. The first kappa shape index (κ1) is 15.8. The molecule has 1 amide bonds. The van der Waals surface area contributed by atoms with Crippen LogP contribution in [0.25, 0.3) is 11.0 Å². The van der Waals surface area contributed by atoms with Crippen LogP contribution in [0.15, 0.2) is 53.3 Å². The molecule has 2 aromatic heterocycles. The summed E-state index contributed by atoms with van der Waals surface area (Å²) in [5.74, 6) is -0.244. The van der Waals surface area contributed by atoms with Gasteiger partial charge in [0.15, 0.2) is 11.3 Å². The van der Waals surface area contributed by atoms with Gasteiger partial charge in [-0.3, -0.25) is 9.78 Å². The van der Waals surface area contributed by atoms with Crippen LogP contribution in [0.4, 0.5) is 0 Å². The maximum Gasteiger partial charge on any atom is 0.274 e. The summed E-state index contributed by atoms with van der Waals surface area (Å²) in [6, 6.07) is 11.7. The van der Waals surface area contributed by atoms with Crippen molar-refractivity contribution in [1.29, 1.82) is 0 Å². The minimum Gasteiger partial charge on any atom is -0.371 e. The maximum atomic E-state index is 12.6. The number of nitrogens with one attached hydrogen (secondary N) is 1. The van der Waals surface area contributed by atoms with E-state index in [4.69, 9.17) is 9.26 Å². The lowest BCUT2D eigenvalue weighted by Gasteiger charge is -2.21. The number of fused-ring (bicyclic) bond motifs is 1. The predicted molar refractivity (Wildman–Crippen MR) is 91.9 cm³/mol. The topological polar surface area (TPSA) is 77.2 Å². The molecule has 1 saturated carbocycles. The summed E-state index contributed by atoms with van der Waals surface area (Å²) in [4.78, 5) is 16.6. The second kappa shape index (κ2) is 7.03. The average Bonchev–Trinajstić information content (AvgIpc) is 3.27. The quantitative estimate of drug-likeness (QED) is 0.774. The molecule has 1 aromatic carbocycles. The highest BCUT2D eigenvalue weighted by Crippen LogP contribution is 2.24. The van der Waals surface area contributed by atoms with Crippen molar-refractivity contribution in [1.82, 2.24) is 15.5 Å². The van der Waals surface area contributed by atoms with Gasteiger partial charge in [-0.05, 0) is 24.8 Å². The first-order chi connectivity index (χ1) is 12.3. The molecule has 6 nitrogen and oxygen atoms in total. The van der Waals surface area contributed by atoms with Crippen LogP contribution in [0.2, 0.25) is 0 Å². The van der Waals surface area contributed by atoms with Gasteiger partial charge in [0.05, 0.1) is 24.1 Å². The molecular weight excluding hydrogens is 318 g/mol. The Kier molecular flexibility index (Phi) is 4.43. The number of amides is 1. The summed E-state index contributed by atoms with van der Waals surface area (Å²) in [6.07, 6.45) is 6.10. The summed E-state index contributed by atoms with van der Waals surface area (Å²) in [7, 11) is 0. The van der Waals surface area contributed by atoms with Crippen LogP contribution in [0.5, 0.6) is 0 Å². The number of carbonyl (C=O) groups is 1. The first-order valence-electron chi connectivity index (χ1n) is 8.47. The number of aromatic nitrogens is 2. The van der Waals surface area contributed by atoms with E-state index in [0.717, 1.165) is 24.8 Å². The lowest BCUT2D eigenvalue weighted by Crippen LogP contribution is -2.41. The van der Waals surface area contributed by atoms with Gasteiger partial charge in [0.2, 0.25) is 0 Å². The third-order valence-electron chi connectivity index (χ3n) is 4.56. The summed E-state index contributed by atoms with van der Waals surface area (Å²) in [5, 5.41) is 7.56. The molecule has 0 radical (unpaired) electrons. The molecule has 1 aliphatic rings. The Morgan fingerprint density at radius 3 is 3.00 bits per heavy atom. The van der Waals surface area contributed by atoms with Crippen LogP contribution < -0.4 is 5.32 Å². The van der Waals surface area contributed by atoms with Crippen LogP contribution in [-0.2, 0) is 11.3 Å². The molecule has 2 atom stereocenters. The SMILES string of the molecule is O=C(NC1CCCC1OCc1ccccc1)c1noc2ccncc12. The van der Waals surface area contributed by atoms with Crippen molar-refractivity contribution in [2.24, 2.45) is 0 Å². The molecule has 6 heteroatoms. The lowest BCUT2D eigenvalue weighted by atomic mass is 10.2. The zero-order chi connectivity index (χ0) is 17.1. The molecule has 2 heterocycles. The van der Waals surface area contributed by atoms with E-state index in [-0.39, 0.29) is 23.7 Å². The van der Waals surface area contributed by atoms with Gasteiger partial charge in [0, 0.05) is 18.5 Å². The van der Waals surface area contributed by atoms with Crippen LogP contribution in [0, 0.1) is 0 Å². The van der Waals surface area contributed by atoms with Crippen LogP contribution in [-0.4, -0.2) is 28.2 Å². The molecule has 25 heavy (non-hydrogen) atoms. The Balaban J connectivity index is 1.41. The van der Waals surface area contributed by atoms with E-state index in [2.05, 4.69) is 15.5 Å². The fourth-order valence-corrected chi connectivity index (χ4v) is 3.25. The minimum atomic E-state index is -0.244. The van der Waals surface area contributed by atoms with Crippen LogP contribution in [0.1, 0.15) is 35.3 Å². The van der Waals surface area contributed by atoms with Gasteiger partial charge >= 0.3 is 0 Å². The Morgan fingerprint density at radius 2 is 2.12 bits per heavy atom. The summed E-state index contributed by atoms with van der Waals surface area (Å²) >= 11 is 0. The van der Waals surface area contributed by atoms with Crippen molar-refractivity contribution < 1.29 is 14.1 Å². The second-order valence-electron chi connectivity index (χ2n) is 6.25. The molecular formula is C19H19N3O3. The third kappa shape index (κ3) is 3.39. The maximum absolute atomic E-state index is 12.6. The molecule has 0 aliphatic heterocycles. The normalized spacial score (nSPS) is 20.0.